The monoisotopic (exact) mass is 440 g/mol. The number of ether oxygens (including phenoxy) is 1. The van der Waals surface area contributed by atoms with Gasteiger partial charge in [-0.3, -0.25) is 4.98 Å². The molecule has 12 heteroatoms. The summed E-state index contributed by atoms with van der Waals surface area (Å²) in [6.45, 7) is -2.48. The fourth-order valence-corrected chi connectivity index (χ4v) is 3.41. The van der Waals surface area contributed by atoms with Crippen LogP contribution in [-0.2, 0) is 17.5 Å². The van der Waals surface area contributed by atoms with E-state index in [0.717, 1.165) is 6.20 Å². The average molecular weight is 440 g/mol. The van der Waals surface area contributed by atoms with Crippen LogP contribution in [0.2, 0.25) is 0 Å². The highest BCUT2D eigenvalue weighted by Crippen LogP contribution is 2.31. The van der Waals surface area contributed by atoms with Gasteiger partial charge in [-0.2, -0.15) is 31.9 Å². The number of nitrogens with zero attached hydrogens (tertiary/aromatic N) is 5. The summed E-state index contributed by atoms with van der Waals surface area (Å²) in [4.78, 5) is 18.1. The molecule has 1 aliphatic heterocycles. The number of aromatic nitrogens is 4. The Kier molecular flexibility index (Phi) is 5.81. The van der Waals surface area contributed by atoms with Gasteiger partial charge in [0, 0.05) is 37.6 Å². The second-order valence-electron chi connectivity index (χ2n) is 6.86. The van der Waals surface area contributed by atoms with Gasteiger partial charge in [0.05, 0.1) is 11.5 Å². The minimum absolute atomic E-state index is 0.0428. The first kappa shape index (κ1) is 21.1. The SMILES string of the molecule is FC(F)O[C@@H]1CCN(c2nc(NCc3cccnc3C(F)(F)F)c3cccnc3n2)C1. The van der Waals surface area contributed by atoms with E-state index in [9.17, 15) is 22.0 Å². The van der Waals surface area contributed by atoms with Crippen molar-refractivity contribution in [1.82, 2.24) is 19.9 Å². The first-order valence-corrected chi connectivity index (χ1v) is 9.37. The van der Waals surface area contributed by atoms with Crippen LogP contribution >= 0.6 is 0 Å². The number of hydrogen-bond donors (Lipinski definition) is 1. The first-order chi connectivity index (χ1) is 14.8. The van der Waals surface area contributed by atoms with Crippen LogP contribution in [0.1, 0.15) is 17.7 Å². The molecule has 0 saturated carbocycles. The second kappa shape index (κ2) is 8.53. The number of rotatable bonds is 6. The van der Waals surface area contributed by atoms with E-state index in [2.05, 4.69) is 30.0 Å². The normalized spacial score (nSPS) is 17.0. The zero-order valence-corrected chi connectivity index (χ0v) is 16.0. The zero-order chi connectivity index (χ0) is 22.0. The van der Waals surface area contributed by atoms with Gasteiger partial charge in [-0.05, 0) is 24.6 Å². The lowest BCUT2D eigenvalue weighted by atomic mass is 10.2. The molecule has 4 rings (SSSR count). The van der Waals surface area contributed by atoms with E-state index in [1.54, 1.807) is 17.0 Å². The van der Waals surface area contributed by atoms with E-state index in [-0.39, 0.29) is 30.4 Å². The van der Waals surface area contributed by atoms with Gasteiger partial charge < -0.3 is 15.0 Å². The minimum atomic E-state index is -4.59. The molecule has 0 bridgehead atoms. The molecule has 164 valence electrons. The molecule has 1 saturated heterocycles. The third-order valence-electron chi connectivity index (χ3n) is 4.79. The Labute approximate surface area is 173 Å². The van der Waals surface area contributed by atoms with Gasteiger partial charge in [0.15, 0.2) is 5.65 Å². The van der Waals surface area contributed by atoms with Crippen LogP contribution in [0.4, 0.5) is 33.7 Å². The Hall–Kier alpha value is -3.15. The lowest BCUT2D eigenvalue weighted by Gasteiger charge is -2.19. The molecular weight excluding hydrogens is 423 g/mol. The minimum Gasteiger partial charge on any atom is -0.365 e. The lowest BCUT2D eigenvalue weighted by molar-refractivity contribution is -0.156. The predicted molar refractivity (Wildman–Crippen MR) is 102 cm³/mol. The topological polar surface area (TPSA) is 76.1 Å². The van der Waals surface area contributed by atoms with Crippen molar-refractivity contribution in [2.45, 2.75) is 31.9 Å². The Bertz CT molecular complexity index is 1060. The summed E-state index contributed by atoms with van der Waals surface area (Å²) in [6, 6.07) is 6.10. The highest BCUT2D eigenvalue weighted by molar-refractivity contribution is 5.87. The van der Waals surface area contributed by atoms with E-state index in [1.807, 2.05) is 0 Å². The number of pyridine rings is 2. The van der Waals surface area contributed by atoms with Crippen molar-refractivity contribution in [1.29, 1.82) is 0 Å². The smallest absolute Gasteiger partial charge is 0.365 e. The van der Waals surface area contributed by atoms with Crippen LogP contribution in [-0.4, -0.2) is 45.7 Å². The Morgan fingerprint density at radius 2 is 1.90 bits per heavy atom. The Morgan fingerprint density at radius 1 is 1.13 bits per heavy atom. The fraction of sp³-hybridized carbons (Fsp3) is 0.368. The third-order valence-corrected chi connectivity index (χ3v) is 4.79. The van der Waals surface area contributed by atoms with Crippen molar-refractivity contribution >= 4 is 22.8 Å². The van der Waals surface area contributed by atoms with Gasteiger partial charge in [0.1, 0.15) is 11.5 Å². The van der Waals surface area contributed by atoms with Gasteiger partial charge in [-0.1, -0.05) is 6.07 Å². The van der Waals surface area contributed by atoms with Crippen LogP contribution in [0.25, 0.3) is 11.0 Å². The molecule has 0 spiro atoms. The average Bonchev–Trinajstić information content (AvgIpc) is 3.19. The molecule has 3 aromatic rings. The van der Waals surface area contributed by atoms with Crippen molar-refractivity contribution < 1.29 is 26.7 Å². The summed E-state index contributed by atoms with van der Waals surface area (Å²) in [6.07, 6.45) is -2.27. The van der Waals surface area contributed by atoms with Gasteiger partial charge in [-0.15, -0.1) is 0 Å². The Balaban J connectivity index is 1.61. The van der Waals surface area contributed by atoms with Crippen LogP contribution < -0.4 is 10.2 Å². The van der Waals surface area contributed by atoms with Crippen molar-refractivity contribution in [2.24, 2.45) is 0 Å². The van der Waals surface area contributed by atoms with Gasteiger partial charge in [0.2, 0.25) is 5.95 Å². The number of fused-ring (bicyclic) bond motifs is 1. The maximum atomic E-state index is 13.2. The standard InChI is InChI=1S/C19H17F5N6O/c20-17(21)31-12-5-8-30(10-12)18-28-15-13(4-2-7-26-15)16(29-18)27-9-11-3-1-6-25-14(11)19(22,23)24/h1-4,6-7,12,17H,5,8-10H2,(H,26,27,28,29)/t12-/m1/s1. The molecule has 0 aliphatic carbocycles. The van der Waals surface area contributed by atoms with Crippen molar-refractivity contribution in [3.8, 4) is 0 Å². The fourth-order valence-electron chi connectivity index (χ4n) is 3.41. The number of nitrogens with one attached hydrogen (secondary N) is 1. The lowest BCUT2D eigenvalue weighted by Crippen LogP contribution is -2.26. The molecule has 7 nitrogen and oxygen atoms in total. The van der Waals surface area contributed by atoms with Gasteiger partial charge >= 0.3 is 12.8 Å². The summed E-state index contributed by atoms with van der Waals surface area (Å²) in [5.41, 5.74) is -0.694. The van der Waals surface area contributed by atoms with Crippen molar-refractivity contribution in [3.05, 3.63) is 47.9 Å². The first-order valence-electron chi connectivity index (χ1n) is 9.37. The van der Waals surface area contributed by atoms with E-state index in [4.69, 9.17) is 0 Å². The molecule has 0 unspecified atom stereocenters. The maximum absolute atomic E-state index is 13.2. The summed E-state index contributed by atoms with van der Waals surface area (Å²) >= 11 is 0. The van der Waals surface area contributed by atoms with E-state index < -0.39 is 24.6 Å². The molecule has 3 aromatic heterocycles. The Morgan fingerprint density at radius 3 is 2.68 bits per heavy atom. The highest BCUT2D eigenvalue weighted by atomic mass is 19.4. The molecule has 0 radical (unpaired) electrons. The van der Waals surface area contributed by atoms with Crippen LogP contribution in [0.5, 0.6) is 0 Å². The third kappa shape index (κ3) is 4.79. The summed E-state index contributed by atoms with van der Waals surface area (Å²) in [7, 11) is 0. The molecule has 4 heterocycles. The summed E-state index contributed by atoms with van der Waals surface area (Å²) in [5.74, 6) is 0.514. The maximum Gasteiger partial charge on any atom is 0.433 e. The summed E-state index contributed by atoms with van der Waals surface area (Å²) in [5, 5.41) is 3.43. The van der Waals surface area contributed by atoms with E-state index in [1.165, 1.54) is 18.3 Å². The van der Waals surface area contributed by atoms with Crippen LogP contribution in [0.3, 0.4) is 0 Å². The zero-order valence-electron chi connectivity index (χ0n) is 16.0. The molecule has 1 N–H and O–H groups in total. The van der Waals surface area contributed by atoms with E-state index >= 15 is 0 Å². The van der Waals surface area contributed by atoms with Crippen LogP contribution in [0.15, 0.2) is 36.7 Å². The highest BCUT2D eigenvalue weighted by Gasteiger charge is 2.35. The second-order valence-corrected chi connectivity index (χ2v) is 6.86. The molecule has 1 aliphatic rings. The van der Waals surface area contributed by atoms with Gasteiger partial charge in [-0.25, -0.2) is 4.98 Å². The molecule has 31 heavy (non-hydrogen) atoms. The summed E-state index contributed by atoms with van der Waals surface area (Å²) < 4.78 is 69.2. The molecule has 1 atom stereocenters. The molecule has 1 fully saturated rings. The van der Waals surface area contributed by atoms with Crippen molar-refractivity contribution in [3.63, 3.8) is 0 Å². The quantitative estimate of drug-likeness (QED) is 0.584. The molecular formula is C19H17F5N6O. The number of halogens is 5. The predicted octanol–water partition coefficient (Wildman–Crippen LogP) is 3.87. The number of alkyl halides is 5. The van der Waals surface area contributed by atoms with E-state index in [0.29, 0.717) is 24.0 Å². The van der Waals surface area contributed by atoms with Crippen LogP contribution in [0, 0.1) is 0 Å². The molecule has 0 amide bonds. The number of anilines is 2. The van der Waals surface area contributed by atoms with Gasteiger partial charge in [0.25, 0.3) is 0 Å². The number of hydrogen-bond acceptors (Lipinski definition) is 7. The molecule has 0 aromatic carbocycles. The largest absolute Gasteiger partial charge is 0.433 e. The van der Waals surface area contributed by atoms with Crippen molar-refractivity contribution in [2.75, 3.05) is 23.3 Å².